The van der Waals surface area contributed by atoms with E-state index in [2.05, 4.69) is 5.32 Å². The summed E-state index contributed by atoms with van der Waals surface area (Å²) in [5, 5.41) is 2.95. The Hall–Kier alpha value is -1.56. The van der Waals surface area contributed by atoms with Crippen LogP contribution in [0, 0.1) is 11.8 Å². The van der Waals surface area contributed by atoms with Gasteiger partial charge in [0.2, 0.25) is 15.9 Å². The zero-order chi connectivity index (χ0) is 17.3. The molecule has 24 heavy (non-hydrogen) atoms. The van der Waals surface area contributed by atoms with Gasteiger partial charge in [-0.1, -0.05) is 26.3 Å². The summed E-state index contributed by atoms with van der Waals surface area (Å²) in [7, 11) is -3.28. The van der Waals surface area contributed by atoms with Crippen molar-refractivity contribution in [2.75, 3.05) is 21.9 Å². The van der Waals surface area contributed by atoms with Crippen LogP contribution in [0.3, 0.4) is 0 Å². The maximum Gasteiger partial charge on any atom is 0.235 e. The molecule has 6 heteroatoms. The third kappa shape index (κ3) is 3.58. The van der Waals surface area contributed by atoms with Gasteiger partial charge in [-0.3, -0.25) is 9.10 Å². The summed E-state index contributed by atoms with van der Waals surface area (Å²) in [6.07, 6.45) is 4.51. The van der Waals surface area contributed by atoms with Gasteiger partial charge in [-0.05, 0) is 49.3 Å². The summed E-state index contributed by atoms with van der Waals surface area (Å²) < 4.78 is 26.6. The van der Waals surface area contributed by atoms with Crippen LogP contribution in [0.1, 0.15) is 45.1 Å². The minimum atomic E-state index is -3.28. The van der Waals surface area contributed by atoms with E-state index in [1.54, 1.807) is 0 Å². The van der Waals surface area contributed by atoms with Crippen LogP contribution in [0.25, 0.3) is 0 Å². The SMILES string of the molecule is CCCCS(=O)(=O)N1CCc2ccc(NC(=O)C(C)C3CC3)cc21. The van der Waals surface area contributed by atoms with Crippen LogP contribution in [-0.2, 0) is 21.2 Å². The molecule has 132 valence electrons. The van der Waals surface area contributed by atoms with Crippen LogP contribution in [0.15, 0.2) is 18.2 Å². The standard InChI is InChI=1S/C18H26N2O3S/c1-3-4-11-24(22,23)20-10-9-15-7-8-16(12-17(15)20)19-18(21)13(2)14-5-6-14/h7-8,12-14H,3-6,9-11H2,1-2H3,(H,19,21). The van der Waals surface area contributed by atoms with E-state index in [4.69, 9.17) is 0 Å². The number of anilines is 2. The van der Waals surface area contributed by atoms with Crippen LogP contribution in [0.2, 0.25) is 0 Å². The number of rotatable bonds is 7. The number of nitrogens with one attached hydrogen (secondary N) is 1. The first-order chi connectivity index (χ1) is 11.4. The number of sulfonamides is 1. The first kappa shape index (κ1) is 17.3. The van der Waals surface area contributed by atoms with E-state index in [-0.39, 0.29) is 17.6 Å². The zero-order valence-corrected chi connectivity index (χ0v) is 15.2. The van der Waals surface area contributed by atoms with Gasteiger partial charge < -0.3 is 5.32 Å². The predicted molar refractivity (Wildman–Crippen MR) is 96.7 cm³/mol. The van der Waals surface area contributed by atoms with Crippen molar-refractivity contribution in [1.82, 2.24) is 0 Å². The van der Waals surface area contributed by atoms with Gasteiger partial charge >= 0.3 is 0 Å². The fourth-order valence-corrected chi connectivity index (χ4v) is 4.93. The van der Waals surface area contributed by atoms with Crippen molar-refractivity contribution in [2.45, 2.75) is 46.0 Å². The Labute approximate surface area is 144 Å². The van der Waals surface area contributed by atoms with Gasteiger partial charge in [0, 0.05) is 18.2 Å². The Morgan fingerprint density at radius 3 is 2.79 bits per heavy atom. The first-order valence-corrected chi connectivity index (χ1v) is 10.5. The van der Waals surface area contributed by atoms with Crippen molar-refractivity contribution >= 4 is 27.3 Å². The molecule has 0 aromatic heterocycles. The Morgan fingerprint density at radius 1 is 1.38 bits per heavy atom. The first-order valence-electron chi connectivity index (χ1n) is 8.86. The van der Waals surface area contributed by atoms with Gasteiger partial charge in [0.1, 0.15) is 0 Å². The molecule has 1 N–H and O–H groups in total. The van der Waals surface area contributed by atoms with E-state index in [0.717, 1.165) is 36.9 Å². The molecule has 1 aliphatic carbocycles. The van der Waals surface area contributed by atoms with Crippen LogP contribution < -0.4 is 9.62 Å². The van der Waals surface area contributed by atoms with E-state index in [0.29, 0.717) is 24.6 Å². The number of amides is 1. The fraction of sp³-hybridized carbons (Fsp3) is 0.611. The van der Waals surface area contributed by atoms with Crippen LogP contribution in [-0.4, -0.2) is 26.6 Å². The second-order valence-corrected chi connectivity index (χ2v) is 8.96. The highest BCUT2D eigenvalue weighted by molar-refractivity contribution is 7.92. The van der Waals surface area contributed by atoms with E-state index in [1.165, 1.54) is 4.31 Å². The molecule has 0 bridgehead atoms. The summed E-state index contributed by atoms with van der Waals surface area (Å²) in [5.74, 6) is 0.724. The average molecular weight is 350 g/mol. The summed E-state index contributed by atoms with van der Waals surface area (Å²) in [6, 6.07) is 5.62. The molecule has 1 amide bonds. The maximum absolute atomic E-state index is 12.5. The van der Waals surface area contributed by atoms with Crippen LogP contribution in [0.4, 0.5) is 11.4 Å². The Morgan fingerprint density at radius 2 is 2.12 bits per heavy atom. The summed E-state index contributed by atoms with van der Waals surface area (Å²) in [6.45, 7) is 4.45. The number of fused-ring (bicyclic) bond motifs is 1. The lowest BCUT2D eigenvalue weighted by Crippen LogP contribution is -2.31. The van der Waals surface area contributed by atoms with Gasteiger partial charge in [-0.25, -0.2) is 8.42 Å². The molecule has 3 rings (SSSR count). The molecule has 1 aliphatic heterocycles. The molecule has 2 aliphatic rings. The molecule has 1 aromatic rings. The van der Waals surface area contributed by atoms with E-state index >= 15 is 0 Å². The molecule has 1 heterocycles. The van der Waals surface area contributed by atoms with Gasteiger partial charge in [-0.2, -0.15) is 0 Å². The van der Waals surface area contributed by atoms with Crippen LogP contribution >= 0.6 is 0 Å². The molecule has 1 fully saturated rings. The topological polar surface area (TPSA) is 66.5 Å². The second kappa shape index (κ2) is 6.75. The van der Waals surface area contributed by atoms with Gasteiger partial charge in [0.05, 0.1) is 11.4 Å². The number of benzene rings is 1. The third-order valence-electron chi connectivity index (χ3n) is 5.04. The summed E-state index contributed by atoms with van der Waals surface area (Å²) in [5.41, 5.74) is 2.44. The van der Waals surface area contributed by atoms with E-state index in [9.17, 15) is 13.2 Å². The highest BCUT2D eigenvalue weighted by Gasteiger charge is 2.33. The highest BCUT2D eigenvalue weighted by Crippen LogP contribution is 2.38. The van der Waals surface area contributed by atoms with Crippen molar-refractivity contribution < 1.29 is 13.2 Å². The van der Waals surface area contributed by atoms with Crippen LogP contribution in [0.5, 0.6) is 0 Å². The number of hydrogen-bond acceptors (Lipinski definition) is 3. The number of hydrogen-bond donors (Lipinski definition) is 1. The third-order valence-corrected chi connectivity index (χ3v) is 6.90. The summed E-state index contributed by atoms with van der Waals surface area (Å²) in [4.78, 5) is 12.3. The Bertz CT molecular complexity index is 726. The minimum Gasteiger partial charge on any atom is -0.326 e. The van der Waals surface area contributed by atoms with Gasteiger partial charge in [0.15, 0.2) is 0 Å². The summed E-state index contributed by atoms with van der Waals surface area (Å²) >= 11 is 0. The minimum absolute atomic E-state index is 0.0163. The molecule has 1 atom stereocenters. The van der Waals surface area contributed by atoms with E-state index < -0.39 is 10.0 Å². The number of carbonyl (C=O) groups is 1. The number of nitrogens with zero attached hydrogens (tertiary/aromatic N) is 1. The molecule has 1 aromatic carbocycles. The predicted octanol–water partition coefficient (Wildman–Crippen LogP) is 3.16. The molecule has 1 saturated carbocycles. The van der Waals surface area contributed by atoms with Crippen molar-refractivity contribution in [2.24, 2.45) is 11.8 Å². The molecule has 0 saturated heterocycles. The van der Waals surface area contributed by atoms with Gasteiger partial charge in [0.25, 0.3) is 0 Å². The number of carbonyl (C=O) groups excluding carboxylic acids is 1. The Balaban J connectivity index is 1.77. The van der Waals surface area contributed by atoms with Crippen molar-refractivity contribution in [3.8, 4) is 0 Å². The van der Waals surface area contributed by atoms with Crippen molar-refractivity contribution in [3.05, 3.63) is 23.8 Å². The quantitative estimate of drug-likeness (QED) is 0.821. The van der Waals surface area contributed by atoms with Crippen molar-refractivity contribution in [1.29, 1.82) is 0 Å². The lowest BCUT2D eigenvalue weighted by atomic mass is 10.1. The monoisotopic (exact) mass is 350 g/mol. The molecule has 0 spiro atoms. The number of unbranched alkanes of at least 4 members (excludes halogenated alkanes) is 1. The zero-order valence-electron chi connectivity index (χ0n) is 14.4. The smallest absolute Gasteiger partial charge is 0.235 e. The van der Waals surface area contributed by atoms with E-state index in [1.807, 2.05) is 32.0 Å². The maximum atomic E-state index is 12.5. The Kier molecular flexibility index (Phi) is 4.85. The fourth-order valence-electron chi connectivity index (χ4n) is 3.22. The molecular weight excluding hydrogens is 324 g/mol. The van der Waals surface area contributed by atoms with Crippen molar-refractivity contribution in [3.63, 3.8) is 0 Å². The van der Waals surface area contributed by atoms with Gasteiger partial charge in [-0.15, -0.1) is 0 Å². The molecule has 1 unspecified atom stereocenters. The lowest BCUT2D eigenvalue weighted by Gasteiger charge is -2.20. The molecular formula is C18H26N2O3S. The normalized spacial score (nSPS) is 18.3. The second-order valence-electron chi connectivity index (χ2n) is 6.95. The lowest BCUT2D eigenvalue weighted by molar-refractivity contribution is -0.119. The average Bonchev–Trinajstić information content (AvgIpc) is 3.31. The molecule has 0 radical (unpaired) electrons. The largest absolute Gasteiger partial charge is 0.326 e. The molecule has 5 nitrogen and oxygen atoms in total. The highest BCUT2D eigenvalue weighted by atomic mass is 32.2.